The summed E-state index contributed by atoms with van der Waals surface area (Å²) in [5.74, 6) is 0.0198. The second-order valence-electron chi connectivity index (χ2n) is 6.25. The third-order valence-corrected chi connectivity index (χ3v) is 5.57. The molecular weight excluding hydrogens is 464 g/mol. The van der Waals surface area contributed by atoms with Crippen LogP contribution in [0.1, 0.15) is 12.7 Å². The molecule has 31 heavy (non-hydrogen) atoms. The minimum absolute atomic E-state index is 0.00716. The predicted molar refractivity (Wildman–Crippen MR) is 119 cm³/mol. The molecule has 0 radical (unpaired) electrons. The molecular formula is C20H18Cl2FN5O2S. The maximum Gasteiger partial charge on any atom is 0.238 e. The molecule has 0 saturated carbocycles. The van der Waals surface area contributed by atoms with Crippen molar-refractivity contribution in [3.05, 3.63) is 70.9 Å². The smallest absolute Gasteiger partial charge is 0.238 e. The standard InChI is InChI=1S/C20H18Cl2FN5O2S/c1-3-8-28-17(11-30-16-7-5-4-6-15(16)23)26-27-20(28)31-12(2)19(29)25-18-14(22)9-13(21)10-24-18/h3-7,9-10,12H,1,8,11H2,2H3,(H,24,25,29). The zero-order valence-electron chi connectivity index (χ0n) is 16.4. The van der Waals surface area contributed by atoms with Crippen molar-refractivity contribution in [2.75, 3.05) is 5.32 Å². The molecule has 0 spiro atoms. The van der Waals surface area contributed by atoms with Crippen molar-refractivity contribution >= 4 is 46.7 Å². The van der Waals surface area contributed by atoms with Crippen molar-refractivity contribution in [1.82, 2.24) is 19.7 Å². The summed E-state index contributed by atoms with van der Waals surface area (Å²) in [6, 6.07) is 7.59. The van der Waals surface area contributed by atoms with Crippen molar-refractivity contribution in [2.24, 2.45) is 0 Å². The zero-order chi connectivity index (χ0) is 22.4. The van der Waals surface area contributed by atoms with Crippen LogP contribution >= 0.6 is 35.0 Å². The lowest BCUT2D eigenvalue weighted by Gasteiger charge is -2.13. The van der Waals surface area contributed by atoms with Crippen LogP contribution in [0.4, 0.5) is 10.2 Å². The monoisotopic (exact) mass is 481 g/mol. The minimum atomic E-state index is -0.540. The summed E-state index contributed by atoms with van der Waals surface area (Å²) < 4.78 is 21.1. The fourth-order valence-corrected chi connectivity index (χ4v) is 3.77. The molecule has 3 aromatic rings. The highest BCUT2D eigenvalue weighted by molar-refractivity contribution is 8.00. The first-order valence-electron chi connectivity index (χ1n) is 9.08. The number of nitrogens with zero attached hydrogens (tertiary/aromatic N) is 4. The molecule has 162 valence electrons. The third kappa shape index (κ3) is 5.96. The second-order valence-corrected chi connectivity index (χ2v) is 8.40. The van der Waals surface area contributed by atoms with Gasteiger partial charge in [0.25, 0.3) is 0 Å². The highest BCUT2D eigenvalue weighted by Gasteiger charge is 2.21. The first kappa shape index (κ1) is 23.1. The number of carbonyl (C=O) groups is 1. The predicted octanol–water partition coefficient (Wildman–Crippen LogP) is 5.00. The number of nitrogens with one attached hydrogen (secondary N) is 1. The Balaban J connectivity index is 1.69. The highest BCUT2D eigenvalue weighted by Crippen LogP contribution is 2.27. The molecule has 1 aromatic carbocycles. The summed E-state index contributed by atoms with van der Waals surface area (Å²) in [4.78, 5) is 16.6. The van der Waals surface area contributed by atoms with Crippen LogP contribution in [0.25, 0.3) is 0 Å². The van der Waals surface area contributed by atoms with Crippen LogP contribution in [0.2, 0.25) is 10.0 Å². The van der Waals surface area contributed by atoms with Gasteiger partial charge in [0.1, 0.15) is 6.61 Å². The largest absolute Gasteiger partial charge is 0.483 e. The van der Waals surface area contributed by atoms with E-state index >= 15 is 0 Å². The van der Waals surface area contributed by atoms with Crippen molar-refractivity contribution in [3.63, 3.8) is 0 Å². The Morgan fingerprint density at radius 2 is 2.16 bits per heavy atom. The van der Waals surface area contributed by atoms with Gasteiger partial charge in [-0.1, -0.05) is 53.2 Å². The van der Waals surface area contributed by atoms with Crippen LogP contribution in [0.15, 0.2) is 54.3 Å². The van der Waals surface area contributed by atoms with Gasteiger partial charge in [-0.2, -0.15) is 0 Å². The molecule has 7 nitrogen and oxygen atoms in total. The fraction of sp³-hybridized carbons (Fsp3) is 0.200. The van der Waals surface area contributed by atoms with Gasteiger partial charge in [0.2, 0.25) is 5.91 Å². The van der Waals surface area contributed by atoms with Crippen molar-refractivity contribution in [1.29, 1.82) is 0 Å². The SMILES string of the molecule is C=CCn1c(COc2ccccc2F)nnc1SC(C)C(=O)Nc1ncc(Cl)cc1Cl. The van der Waals surface area contributed by atoms with E-state index in [-0.39, 0.29) is 29.1 Å². The molecule has 0 aliphatic heterocycles. The van der Waals surface area contributed by atoms with Crippen LogP contribution in [0, 0.1) is 5.82 Å². The molecule has 3 rings (SSSR count). The molecule has 0 saturated heterocycles. The first-order chi connectivity index (χ1) is 14.9. The van der Waals surface area contributed by atoms with Gasteiger partial charge in [-0.05, 0) is 25.1 Å². The van der Waals surface area contributed by atoms with Gasteiger partial charge in [0.15, 0.2) is 28.4 Å². The summed E-state index contributed by atoms with van der Waals surface area (Å²) >= 11 is 13.1. The number of amides is 1. The molecule has 2 aromatic heterocycles. The number of hydrogen-bond donors (Lipinski definition) is 1. The van der Waals surface area contributed by atoms with Crippen LogP contribution in [-0.2, 0) is 17.9 Å². The van der Waals surface area contributed by atoms with Crippen molar-refractivity contribution in [2.45, 2.75) is 30.5 Å². The van der Waals surface area contributed by atoms with Gasteiger partial charge in [0, 0.05) is 12.7 Å². The first-order valence-corrected chi connectivity index (χ1v) is 10.7. The number of halogens is 3. The number of rotatable bonds is 9. The number of thioether (sulfide) groups is 1. The lowest BCUT2D eigenvalue weighted by molar-refractivity contribution is -0.115. The van der Waals surface area contributed by atoms with E-state index in [0.29, 0.717) is 22.5 Å². The molecule has 1 N–H and O–H groups in total. The average Bonchev–Trinajstić information content (AvgIpc) is 3.11. The highest BCUT2D eigenvalue weighted by atomic mass is 35.5. The summed E-state index contributed by atoms with van der Waals surface area (Å²) in [7, 11) is 0. The number of aromatic nitrogens is 4. The van der Waals surface area contributed by atoms with Crippen molar-refractivity contribution < 1.29 is 13.9 Å². The maximum absolute atomic E-state index is 13.8. The van der Waals surface area contributed by atoms with E-state index in [1.165, 1.54) is 36.2 Å². The molecule has 0 aliphatic rings. The molecule has 1 atom stereocenters. The van der Waals surface area contributed by atoms with E-state index in [9.17, 15) is 9.18 Å². The number of carbonyl (C=O) groups excluding carboxylic acids is 1. The summed E-state index contributed by atoms with van der Waals surface area (Å²) in [5.41, 5.74) is 0. The minimum Gasteiger partial charge on any atom is -0.483 e. The zero-order valence-corrected chi connectivity index (χ0v) is 18.7. The van der Waals surface area contributed by atoms with Crippen LogP contribution in [0.5, 0.6) is 5.75 Å². The molecule has 1 amide bonds. The topological polar surface area (TPSA) is 81.9 Å². The van der Waals surface area contributed by atoms with E-state index in [4.69, 9.17) is 27.9 Å². The quantitative estimate of drug-likeness (QED) is 0.341. The number of allylic oxidation sites excluding steroid dienone is 1. The van der Waals surface area contributed by atoms with E-state index in [0.717, 1.165) is 0 Å². The Bertz CT molecular complexity index is 1100. The Kier molecular flexibility index (Phi) is 7.89. The van der Waals surface area contributed by atoms with Crippen LogP contribution in [-0.4, -0.2) is 30.9 Å². The molecule has 11 heteroatoms. The number of benzene rings is 1. The van der Waals surface area contributed by atoms with Gasteiger partial charge in [-0.15, -0.1) is 16.8 Å². The van der Waals surface area contributed by atoms with Crippen molar-refractivity contribution in [3.8, 4) is 5.75 Å². The van der Waals surface area contributed by atoms with E-state index in [1.807, 2.05) is 0 Å². The van der Waals surface area contributed by atoms with E-state index in [2.05, 4.69) is 27.1 Å². The van der Waals surface area contributed by atoms with Crippen LogP contribution < -0.4 is 10.1 Å². The number of anilines is 1. The Labute approximate surface area is 192 Å². The van der Waals surface area contributed by atoms with E-state index < -0.39 is 11.1 Å². The van der Waals surface area contributed by atoms with E-state index in [1.54, 1.807) is 29.7 Å². The molecule has 0 bridgehead atoms. The van der Waals surface area contributed by atoms with Gasteiger partial charge in [-0.25, -0.2) is 9.37 Å². The Morgan fingerprint density at radius 1 is 1.39 bits per heavy atom. The second kappa shape index (κ2) is 10.6. The maximum atomic E-state index is 13.8. The Morgan fingerprint density at radius 3 is 2.87 bits per heavy atom. The third-order valence-electron chi connectivity index (χ3n) is 4.00. The lowest BCUT2D eigenvalue weighted by Crippen LogP contribution is -2.23. The van der Waals surface area contributed by atoms with Gasteiger partial charge in [-0.3, -0.25) is 9.36 Å². The number of hydrogen-bond acceptors (Lipinski definition) is 6. The van der Waals surface area contributed by atoms with Gasteiger partial charge < -0.3 is 10.1 Å². The molecule has 0 aliphatic carbocycles. The molecule has 1 unspecified atom stereocenters. The lowest BCUT2D eigenvalue weighted by atomic mass is 10.3. The summed E-state index contributed by atoms with van der Waals surface area (Å²) in [5, 5.41) is 11.5. The normalized spacial score (nSPS) is 11.7. The van der Waals surface area contributed by atoms with Gasteiger partial charge >= 0.3 is 0 Å². The molecule has 2 heterocycles. The van der Waals surface area contributed by atoms with Gasteiger partial charge in [0.05, 0.1) is 15.3 Å². The number of pyridine rings is 1. The number of ether oxygens (including phenoxy) is 1. The Hall–Kier alpha value is -2.62. The molecule has 0 fully saturated rings. The number of para-hydroxylation sites is 1. The average molecular weight is 482 g/mol. The fourth-order valence-electron chi connectivity index (χ4n) is 2.47. The van der Waals surface area contributed by atoms with Crippen LogP contribution in [0.3, 0.4) is 0 Å². The summed E-state index contributed by atoms with van der Waals surface area (Å²) in [6.07, 6.45) is 3.06. The summed E-state index contributed by atoms with van der Waals surface area (Å²) in [6.45, 7) is 5.85.